The van der Waals surface area contributed by atoms with Crippen LogP contribution in [-0.4, -0.2) is 38.0 Å². The van der Waals surface area contributed by atoms with Crippen LogP contribution in [0.2, 0.25) is 0 Å². The summed E-state index contributed by atoms with van der Waals surface area (Å²) in [6.45, 7) is 5.01. The fourth-order valence-corrected chi connectivity index (χ4v) is 5.23. The third-order valence-corrected chi connectivity index (χ3v) is 7.40. The fraction of sp³-hybridized carbons (Fsp3) is 0.480. The first kappa shape index (κ1) is 20.0. The molecule has 2 aromatic heterocycles. The maximum atomic E-state index is 13.1. The normalized spacial score (nSPS) is 21.9. The maximum Gasteiger partial charge on any atom is 0.273 e. The van der Waals surface area contributed by atoms with Crippen molar-refractivity contribution in [2.45, 2.75) is 64.3 Å². The quantitative estimate of drug-likeness (QED) is 0.673. The van der Waals surface area contributed by atoms with Gasteiger partial charge >= 0.3 is 0 Å². The summed E-state index contributed by atoms with van der Waals surface area (Å²) in [6, 6.07) is 10.2. The van der Waals surface area contributed by atoms with Gasteiger partial charge in [-0.05, 0) is 43.6 Å². The minimum atomic E-state index is -0.210. The molecule has 3 aromatic rings. The van der Waals surface area contributed by atoms with Crippen molar-refractivity contribution in [1.29, 1.82) is 0 Å². The van der Waals surface area contributed by atoms with E-state index < -0.39 is 0 Å². The molecule has 3 heterocycles. The molecule has 6 heteroatoms. The minimum Gasteiger partial charge on any atom is -0.335 e. The van der Waals surface area contributed by atoms with Crippen molar-refractivity contribution < 1.29 is 4.79 Å². The standard InChI is InChI=1S/C25H30N4O2/c1-3-17-15-28(16(17)2)25(31)21-14-26-29-23(30)13-22(27-24(21)29)20-11-9-19(10-12-20)18-7-5-4-6-8-18/h9-14,16-18,26H,3-8,15H2,1-2H3/t16-,17-/m0/s1. The molecule has 0 bridgehead atoms. The summed E-state index contributed by atoms with van der Waals surface area (Å²) in [4.78, 5) is 32.4. The lowest BCUT2D eigenvalue weighted by atomic mass is 9.84. The largest absolute Gasteiger partial charge is 0.335 e. The number of aromatic amines is 1. The highest BCUT2D eigenvalue weighted by molar-refractivity contribution is 6.00. The molecule has 1 aromatic carbocycles. The SMILES string of the molecule is CC[C@H]1CN(C(=O)c2c[nH]n3c(=O)cc(-c4ccc(C5CCCCC5)cc4)nc23)[C@H]1C. The summed E-state index contributed by atoms with van der Waals surface area (Å²) in [7, 11) is 0. The Kier molecular flexibility index (Phi) is 5.16. The molecule has 2 atom stereocenters. The predicted octanol–water partition coefficient (Wildman–Crippen LogP) is 4.61. The fourth-order valence-electron chi connectivity index (χ4n) is 5.23. The van der Waals surface area contributed by atoms with E-state index in [1.54, 1.807) is 6.20 Å². The van der Waals surface area contributed by atoms with E-state index in [4.69, 9.17) is 4.98 Å². The van der Waals surface area contributed by atoms with Crippen LogP contribution < -0.4 is 5.56 Å². The van der Waals surface area contributed by atoms with Crippen LogP contribution in [0.3, 0.4) is 0 Å². The van der Waals surface area contributed by atoms with Gasteiger partial charge in [0.05, 0.1) is 5.69 Å². The third-order valence-electron chi connectivity index (χ3n) is 7.40. The van der Waals surface area contributed by atoms with E-state index >= 15 is 0 Å². The Balaban J connectivity index is 1.46. The van der Waals surface area contributed by atoms with E-state index in [0.717, 1.165) is 18.5 Å². The first-order valence-corrected chi connectivity index (χ1v) is 11.6. The van der Waals surface area contributed by atoms with E-state index in [1.807, 2.05) is 4.90 Å². The number of fused-ring (bicyclic) bond motifs is 1. The van der Waals surface area contributed by atoms with Gasteiger partial charge in [-0.2, -0.15) is 0 Å². The molecule has 2 fully saturated rings. The van der Waals surface area contributed by atoms with Crippen molar-refractivity contribution >= 4 is 11.6 Å². The Labute approximate surface area is 182 Å². The van der Waals surface area contributed by atoms with E-state index in [0.29, 0.717) is 28.7 Å². The van der Waals surface area contributed by atoms with Gasteiger partial charge in [-0.25, -0.2) is 9.50 Å². The summed E-state index contributed by atoms with van der Waals surface area (Å²) in [6.07, 6.45) is 9.14. The minimum absolute atomic E-state index is 0.0624. The van der Waals surface area contributed by atoms with Crippen molar-refractivity contribution in [2.75, 3.05) is 6.54 Å². The molecule has 0 radical (unpaired) electrons. The Bertz CT molecular complexity index is 1150. The number of likely N-dealkylation sites (tertiary alicyclic amines) is 1. The molecular formula is C25H30N4O2. The van der Waals surface area contributed by atoms with E-state index in [2.05, 4.69) is 43.2 Å². The van der Waals surface area contributed by atoms with Gasteiger partial charge in [0.1, 0.15) is 5.56 Å². The Morgan fingerprint density at radius 3 is 2.58 bits per heavy atom. The molecule has 31 heavy (non-hydrogen) atoms. The number of aromatic nitrogens is 3. The predicted molar refractivity (Wildman–Crippen MR) is 121 cm³/mol. The lowest BCUT2D eigenvalue weighted by molar-refractivity contribution is 0.0207. The number of carbonyl (C=O) groups is 1. The second kappa shape index (κ2) is 7.98. The van der Waals surface area contributed by atoms with Crippen molar-refractivity contribution in [3.63, 3.8) is 0 Å². The highest BCUT2D eigenvalue weighted by Crippen LogP contribution is 2.33. The molecule has 0 spiro atoms. The number of nitrogens with zero attached hydrogens (tertiary/aromatic N) is 3. The van der Waals surface area contributed by atoms with Crippen LogP contribution in [0.15, 0.2) is 41.3 Å². The summed E-state index contributed by atoms with van der Waals surface area (Å²) in [5.74, 6) is 1.12. The van der Waals surface area contributed by atoms with Crippen LogP contribution in [-0.2, 0) is 0 Å². The summed E-state index contributed by atoms with van der Waals surface area (Å²) >= 11 is 0. The van der Waals surface area contributed by atoms with E-state index in [-0.39, 0.29) is 17.5 Å². The zero-order valence-electron chi connectivity index (χ0n) is 18.3. The third kappa shape index (κ3) is 3.48. The lowest BCUT2D eigenvalue weighted by Gasteiger charge is -2.46. The van der Waals surface area contributed by atoms with Crippen LogP contribution in [0.5, 0.6) is 0 Å². The molecule has 1 N–H and O–H groups in total. The molecule has 1 aliphatic carbocycles. The van der Waals surface area contributed by atoms with Gasteiger partial charge in [0.2, 0.25) is 0 Å². The van der Waals surface area contributed by atoms with Crippen molar-refractivity contribution in [3.05, 3.63) is 58.0 Å². The van der Waals surface area contributed by atoms with Crippen LogP contribution in [0.1, 0.15) is 74.2 Å². The molecule has 0 unspecified atom stereocenters. The van der Waals surface area contributed by atoms with Crippen molar-refractivity contribution in [2.24, 2.45) is 5.92 Å². The van der Waals surface area contributed by atoms with Crippen molar-refractivity contribution in [1.82, 2.24) is 19.5 Å². The zero-order chi connectivity index (χ0) is 21.5. The molecule has 2 aliphatic rings. The molecule has 5 rings (SSSR count). The number of nitrogens with one attached hydrogen (secondary N) is 1. The van der Waals surface area contributed by atoms with Gasteiger partial charge in [0, 0.05) is 30.4 Å². The number of hydrogen-bond donors (Lipinski definition) is 1. The molecular weight excluding hydrogens is 388 g/mol. The second-order valence-electron chi connectivity index (χ2n) is 9.15. The average Bonchev–Trinajstić information content (AvgIpc) is 3.24. The van der Waals surface area contributed by atoms with Crippen LogP contribution in [0.4, 0.5) is 0 Å². The van der Waals surface area contributed by atoms with Gasteiger partial charge in [-0.1, -0.05) is 50.5 Å². The smallest absolute Gasteiger partial charge is 0.273 e. The summed E-state index contributed by atoms with van der Waals surface area (Å²) in [5, 5.41) is 2.91. The molecule has 1 saturated carbocycles. The van der Waals surface area contributed by atoms with Crippen molar-refractivity contribution in [3.8, 4) is 11.3 Å². The highest BCUT2D eigenvalue weighted by atomic mass is 16.2. The zero-order valence-corrected chi connectivity index (χ0v) is 18.3. The summed E-state index contributed by atoms with van der Waals surface area (Å²) in [5.41, 5.74) is 3.53. The number of benzene rings is 1. The first-order valence-electron chi connectivity index (χ1n) is 11.6. The maximum absolute atomic E-state index is 13.1. The summed E-state index contributed by atoms with van der Waals surface area (Å²) < 4.78 is 1.36. The molecule has 6 nitrogen and oxygen atoms in total. The van der Waals surface area contributed by atoms with E-state index in [9.17, 15) is 9.59 Å². The molecule has 1 aliphatic heterocycles. The average molecular weight is 419 g/mol. The number of H-pyrrole nitrogens is 1. The molecule has 1 amide bonds. The van der Waals surface area contributed by atoms with Gasteiger partial charge in [-0.15, -0.1) is 0 Å². The topological polar surface area (TPSA) is 70.5 Å². The van der Waals surface area contributed by atoms with Gasteiger partial charge in [-0.3, -0.25) is 14.7 Å². The van der Waals surface area contributed by atoms with Crippen LogP contribution in [0, 0.1) is 5.92 Å². The van der Waals surface area contributed by atoms with Crippen LogP contribution >= 0.6 is 0 Å². The number of amides is 1. The number of rotatable bonds is 4. The lowest BCUT2D eigenvalue weighted by Crippen LogP contribution is -2.56. The Morgan fingerprint density at radius 2 is 1.90 bits per heavy atom. The first-order chi connectivity index (χ1) is 15.1. The van der Waals surface area contributed by atoms with Crippen LogP contribution in [0.25, 0.3) is 16.9 Å². The highest BCUT2D eigenvalue weighted by Gasteiger charge is 2.38. The number of carbonyl (C=O) groups excluding carboxylic acids is 1. The second-order valence-corrected chi connectivity index (χ2v) is 9.15. The van der Waals surface area contributed by atoms with Gasteiger partial charge in [0.15, 0.2) is 5.65 Å². The molecule has 162 valence electrons. The van der Waals surface area contributed by atoms with Gasteiger partial charge < -0.3 is 4.90 Å². The number of hydrogen-bond acceptors (Lipinski definition) is 3. The Hall–Kier alpha value is -2.89. The monoisotopic (exact) mass is 418 g/mol. The Morgan fingerprint density at radius 1 is 1.16 bits per heavy atom. The van der Waals surface area contributed by atoms with Gasteiger partial charge in [0.25, 0.3) is 11.5 Å². The molecule has 1 saturated heterocycles. The van der Waals surface area contributed by atoms with E-state index in [1.165, 1.54) is 48.2 Å².